The van der Waals surface area contributed by atoms with Crippen LogP contribution in [0.4, 0.5) is 0 Å². The standard InChI is InChI=1S/C16H22N2O2S/c1-11(17-8-7-13-10-21-12(2)18-13)15-9-14(19-3)5-6-16(15)20-4/h5-6,9-11,17H,7-8H2,1-4H3. The zero-order chi connectivity index (χ0) is 15.2. The Bertz CT molecular complexity index is 583. The number of ether oxygens (including phenoxy) is 2. The van der Waals surface area contributed by atoms with Gasteiger partial charge in [-0.3, -0.25) is 0 Å². The third kappa shape index (κ3) is 4.19. The van der Waals surface area contributed by atoms with Crippen LogP contribution < -0.4 is 14.8 Å². The minimum atomic E-state index is 0.190. The Hall–Kier alpha value is -1.59. The van der Waals surface area contributed by atoms with Crippen molar-refractivity contribution in [3.63, 3.8) is 0 Å². The third-order valence-corrected chi connectivity index (χ3v) is 4.22. The van der Waals surface area contributed by atoms with Gasteiger partial charge < -0.3 is 14.8 Å². The van der Waals surface area contributed by atoms with Gasteiger partial charge in [0.15, 0.2) is 0 Å². The Morgan fingerprint density at radius 1 is 1.29 bits per heavy atom. The van der Waals surface area contributed by atoms with Gasteiger partial charge in [0.25, 0.3) is 0 Å². The van der Waals surface area contributed by atoms with E-state index in [9.17, 15) is 0 Å². The van der Waals surface area contributed by atoms with Crippen LogP contribution in [0.25, 0.3) is 0 Å². The molecule has 1 heterocycles. The van der Waals surface area contributed by atoms with Crippen LogP contribution in [0, 0.1) is 6.92 Å². The lowest BCUT2D eigenvalue weighted by molar-refractivity contribution is 0.392. The van der Waals surface area contributed by atoms with E-state index in [0.717, 1.165) is 40.7 Å². The highest BCUT2D eigenvalue weighted by Gasteiger charge is 2.12. The second kappa shape index (κ2) is 7.43. The van der Waals surface area contributed by atoms with Crippen molar-refractivity contribution in [2.45, 2.75) is 26.3 Å². The third-order valence-electron chi connectivity index (χ3n) is 3.40. The van der Waals surface area contributed by atoms with Gasteiger partial charge in [-0.15, -0.1) is 11.3 Å². The highest BCUT2D eigenvalue weighted by molar-refractivity contribution is 7.09. The van der Waals surface area contributed by atoms with Crippen molar-refractivity contribution in [3.8, 4) is 11.5 Å². The van der Waals surface area contributed by atoms with Gasteiger partial charge in [-0.05, 0) is 32.0 Å². The maximum atomic E-state index is 5.43. The zero-order valence-electron chi connectivity index (χ0n) is 13.0. The molecule has 114 valence electrons. The van der Waals surface area contributed by atoms with E-state index in [1.807, 2.05) is 25.1 Å². The Balaban J connectivity index is 1.97. The average molecular weight is 306 g/mol. The molecule has 0 fully saturated rings. The van der Waals surface area contributed by atoms with Crippen molar-refractivity contribution in [2.75, 3.05) is 20.8 Å². The van der Waals surface area contributed by atoms with Crippen molar-refractivity contribution in [1.82, 2.24) is 10.3 Å². The van der Waals surface area contributed by atoms with Crippen molar-refractivity contribution < 1.29 is 9.47 Å². The number of methoxy groups -OCH3 is 2. The van der Waals surface area contributed by atoms with Crippen LogP contribution in [0.1, 0.15) is 29.2 Å². The van der Waals surface area contributed by atoms with Crippen LogP contribution in [-0.4, -0.2) is 25.7 Å². The average Bonchev–Trinajstić information content (AvgIpc) is 2.91. The molecule has 2 rings (SSSR count). The summed E-state index contributed by atoms with van der Waals surface area (Å²) in [4.78, 5) is 4.48. The van der Waals surface area contributed by atoms with Gasteiger partial charge in [-0.2, -0.15) is 0 Å². The Morgan fingerprint density at radius 3 is 2.71 bits per heavy atom. The maximum Gasteiger partial charge on any atom is 0.123 e. The summed E-state index contributed by atoms with van der Waals surface area (Å²) in [5.41, 5.74) is 2.25. The minimum Gasteiger partial charge on any atom is -0.497 e. The molecule has 0 spiro atoms. The molecule has 1 N–H and O–H groups in total. The number of nitrogens with one attached hydrogen (secondary N) is 1. The fourth-order valence-corrected chi connectivity index (χ4v) is 2.87. The molecule has 1 atom stereocenters. The lowest BCUT2D eigenvalue weighted by atomic mass is 10.1. The van der Waals surface area contributed by atoms with Crippen molar-refractivity contribution in [3.05, 3.63) is 39.8 Å². The molecule has 21 heavy (non-hydrogen) atoms. The number of benzene rings is 1. The first-order valence-corrected chi connectivity index (χ1v) is 7.88. The van der Waals surface area contributed by atoms with Crippen molar-refractivity contribution >= 4 is 11.3 Å². The van der Waals surface area contributed by atoms with E-state index in [1.54, 1.807) is 25.6 Å². The first-order valence-electron chi connectivity index (χ1n) is 7.00. The van der Waals surface area contributed by atoms with Crippen LogP contribution in [-0.2, 0) is 6.42 Å². The fraction of sp³-hybridized carbons (Fsp3) is 0.438. The lowest BCUT2D eigenvalue weighted by Crippen LogP contribution is -2.22. The number of thiazole rings is 1. The second-order valence-corrected chi connectivity index (χ2v) is 5.95. The summed E-state index contributed by atoms with van der Waals surface area (Å²) in [7, 11) is 3.37. The van der Waals surface area contributed by atoms with E-state index < -0.39 is 0 Å². The normalized spacial score (nSPS) is 12.2. The van der Waals surface area contributed by atoms with Gasteiger partial charge in [-0.25, -0.2) is 4.98 Å². The topological polar surface area (TPSA) is 43.4 Å². The van der Waals surface area contributed by atoms with Gasteiger partial charge in [0.2, 0.25) is 0 Å². The summed E-state index contributed by atoms with van der Waals surface area (Å²) in [6, 6.07) is 6.06. The fourth-order valence-electron chi connectivity index (χ4n) is 2.23. The number of hydrogen-bond acceptors (Lipinski definition) is 5. The second-order valence-electron chi connectivity index (χ2n) is 4.89. The zero-order valence-corrected chi connectivity index (χ0v) is 13.8. The summed E-state index contributed by atoms with van der Waals surface area (Å²) >= 11 is 1.70. The highest BCUT2D eigenvalue weighted by atomic mass is 32.1. The molecule has 0 radical (unpaired) electrons. The van der Waals surface area contributed by atoms with Crippen LogP contribution in [0.15, 0.2) is 23.6 Å². The molecule has 0 saturated carbocycles. The lowest BCUT2D eigenvalue weighted by Gasteiger charge is -2.18. The van der Waals surface area contributed by atoms with Crippen molar-refractivity contribution in [1.29, 1.82) is 0 Å². The molecule has 1 aromatic heterocycles. The largest absolute Gasteiger partial charge is 0.497 e. The smallest absolute Gasteiger partial charge is 0.123 e. The van der Waals surface area contributed by atoms with Gasteiger partial charge in [0, 0.05) is 30.0 Å². The first-order chi connectivity index (χ1) is 10.1. The molecule has 1 aromatic carbocycles. The summed E-state index contributed by atoms with van der Waals surface area (Å²) < 4.78 is 10.7. The number of rotatable bonds is 7. The van der Waals surface area contributed by atoms with E-state index >= 15 is 0 Å². The summed E-state index contributed by atoms with van der Waals surface area (Å²) in [5, 5.41) is 6.75. The van der Waals surface area contributed by atoms with Crippen LogP contribution in [0.2, 0.25) is 0 Å². The summed E-state index contributed by atoms with van der Waals surface area (Å²) in [6.45, 7) is 5.04. The van der Waals surface area contributed by atoms with Crippen molar-refractivity contribution in [2.24, 2.45) is 0 Å². The van der Waals surface area contributed by atoms with Crippen LogP contribution in [0.3, 0.4) is 0 Å². The number of aryl methyl sites for hydroxylation is 1. The Morgan fingerprint density at radius 2 is 2.10 bits per heavy atom. The highest BCUT2D eigenvalue weighted by Crippen LogP contribution is 2.29. The first kappa shape index (κ1) is 15.8. The molecule has 0 saturated heterocycles. The summed E-state index contributed by atoms with van der Waals surface area (Å²) in [6.07, 6.45) is 0.932. The molecule has 0 bridgehead atoms. The Labute approximate surface area is 130 Å². The molecule has 0 aliphatic rings. The van der Waals surface area contributed by atoms with E-state index in [4.69, 9.17) is 9.47 Å². The quantitative estimate of drug-likeness (QED) is 0.852. The monoisotopic (exact) mass is 306 g/mol. The van der Waals surface area contributed by atoms with Gasteiger partial charge in [0.1, 0.15) is 11.5 Å². The molecule has 5 heteroatoms. The molecular formula is C16H22N2O2S. The van der Waals surface area contributed by atoms with E-state index in [2.05, 4.69) is 22.6 Å². The van der Waals surface area contributed by atoms with E-state index in [-0.39, 0.29) is 6.04 Å². The SMILES string of the molecule is COc1ccc(OC)c(C(C)NCCc2csc(C)n2)c1. The molecule has 2 aromatic rings. The minimum absolute atomic E-state index is 0.190. The maximum absolute atomic E-state index is 5.43. The molecule has 1 unspecified atom stereocenters. The summed E-state index contributed by atoms with van der Waals surface area (Å²) in [5.74, 6) is 1.72. The van der Waals surface area contributed by atoms with Gasteiger partial charge in [-0.1, -0.05) is 0 Å². The Kier molecular flexibility index (Phi) is 5.59. The molecule has 4 nitrogen and oxygen atoms in total. The molecule has 0 aliphatic heterocycles. The van der Waals surface area contributed by atoms with Crippen LogP contribution >= 0.6 is 11.3 Å². The van der Waals surface area contributed by atoms with Crippen LogP contribution in [0.5, 0.6) is 11.5 Å². The van der Waals surface area contributed by atoms with Gasteiger partial charge in [0.05, 0.1) is 24.9 Å². The predicted octanol–water partition coefficient (Wildman–Crippen LogP) is 3.36. The molecule has 0 aliphatic carbocycles. The molecule has 0 amide bonds. The van der Waals surface area contributed by atoms with Gasteiger partial charge >= 0.3 is 0 Å². The predicted molar refractivity (Wildman–Crippen MR) is 86.5 cm³/mol. The van der Waals surface area contributed by atoms with E-state index in [0.29, 0.717) is 0 Å². The number of aromatic nitrogens is 1. The molecular weight excluding hydrogens is 284 g/mol. The van der Waals surface area contributed by atoms with E-state index in [1.165, 1.54) is 0 Å². The number of nitrogens with zero attached hydrogens (tertiary/aromatic N) is 1. The number of hydrogen-bond donors (Lipinski definition) is 1.